The van der Waals surface area contributed by atoms with Crippen LogP contribution in [0.15, 0.2) is 53.2 Å². The number of carbonyl (C=O) groups excluding carboxylic acids is 1. The zero-order valence-electron chi connectivity index (χ0n) is 13.4. The first kappa shape index (κ1) is 16.3. The summed E-state index contributed by atoms with van der Waals surface area (Å²) in [6.45, 7) is 2.33. The van der Waals surface area contributed by atoms with Crippen molar-refractivity contribution in [3.63, 3.8) is 0 Å². The molecule has 1 aromatic carbocycles. The Labute approximate surface area is 144 Å². The van der Waals surface area contributed by atoms with Crippen molar-refractivity contribution in [1.29, 1.82) is 0 Å². The molecule has 3 aromatic rings. The molecule has 2 heterocycles. The maximum absolute atomic E-state index is 12.2. The zero-order chi connectivity index (χ0) is 16.8. The summed E-state index contributed by atoms with van der Waals surface area (Å²) in [5.41, 5.74) is 2.36. The zero-order valence-corrected chi connectivity index (χ0v) is 14.2. The van der Waals surface area contributed by atoms with Gasteiger partial charge in [-0.25, -0.2) is 0 Å². The van der Waals surface area contributed by atoms with Crippen molar-refractivity contribution in [2.24, 2.45) is 0 Å². The molecule has 2 N–H and O–H groups in total. The predicted molar refractivity (Wildman–Crippen MR) is 94.3 cm³/mol. The molecular weight excluding hydrogens is 322 g/mol. The topological polar surface area (TPSA) is 67.0 Å². The molecule has 1 atom stereocenters. The lowest BCUT2D eigenvalue weighted by Gasteiger charge is -2.11. The van der Waals surface area contributed by atoms with Gasteiger partial charge >= 0.3 is 0 Å². The van der Waals surface area contributed by atoms with Gasteiger partial charge in [0, 0.05) is 6.04 Å². The van der Waals surface area contributed by atoms with Gasteiger partial charge in [0.05, 0.1) is 5.69 Å². The highest BCUT2D eigenvalue weighted by Gasteiger charge is 2.14. The van der Waals surface area contributed by atoms with E-state index in [9.17, 15) is 4.79 Å². The molecule has 3 rings (SSSR count). The maximum Gasteiger partial charge on any atom is 0.271 e. The van der Waals surface area contributed by atoms with Crippen LogP contribution in [-0.2, 0) is 13.0 Å². The Kier molecular flexibility index (Phi) is 5.28. The summed E-state index contributed by atoms with van der Waals surface area (Å²) in [6.07, 6.45) is 0.809. The fraction of sp³-hybridized carbons (Fsp3) is 0.222. The fourth-order valence-corrected chi connectivity index (χ4v) is 3.02. The average molecular weight is 341 g/mol. The minimum atomic E-state index is -0.181. The Bertz CT molecular complexity index is 769. The van der Waals surface area contributed by atoms with Crippen LogP contribution in [0, 0.1) is 0 Å². The van der Waals surface area contributed by atoms with E-state index in [1.807, 2.05) is 42.6 Å². The van der Waals surface area contributed by atoms with Crippen LogP contribution >= 0.6 is 11.3 Å². The Morgan fingerprint density at radius 2 is 2.17 bits per heavy atom. The van der Waals surface area contributed by atoms with E-state index in [4.69, 9.17) is 4.74 Å². The molecule has 0 saturated heterocycles. The van der Waals surface area contributed by atoms with E-state index in [1.165, 1.54) is 5.56 Å². The number of amides is 1. The molecule has 6 heteroatoms. The lowest BCUT2D eigenvalue weighted by Crippen LogP contribution is -2.34. The van der Waals surface area contributed by atoms with E-state index in [-0.39, 0.29) is 11.9 Å². The van der Waals surface area contributed by atoms with Gasteiger partial charge in [-0.15, -0.1) is 0 Å². The van der Waals surface area contributed by atoms with Gasteiger partial charge in [-0.1, -0.05) is 18.2 Å². The van der Waals surface area contributed by atoms with Crippen LogP contribution in [0.3, 0.4) is 0 Å². The third-order valence-corrected chi connectivity index (χ3v) is 4.23. The van der Waals surface area contributed by atoms with Crippen LogP contribution in [-0.4, -0.2) is 22.1 Å². The summed E-state index contributed by atoms with van der Waals surface area (Å²) in [7, 11) is 0. The van der Waals surface area contributed by atoms with Crippen LogP contribution in [0.5, 0.6) is 5.75 Å². The smallest absolute Gasteiger partial charge is 0.271 e. The van der Waals surface area contributed by atoms with Crippen LogP contribution in [0.25, 0.3) is 0 Å². The van der Waals surface area contributed by atoms with E-state index in [1.54, 1.807) is 17.4 Å². The third-order valence-electron chi connectivity index (χ3n) is 3.50. The third kappa shape index (κ3) is 4.45. The summed E-state index contributed by atoms with van der Waals surface area (Å²) in [5.74, 6) is 0.599. The normalized spacial score (nSPS) is 11.9. The highest BCUT2D eigenvalue weighted by atomic mass is 32.1. The number of H-pyrrole nitrogens is 1. The highest BCUT2D eigenvalue weighted by molar-refractivity contribution is 7.07. The molecule has 0 saturated carbocycles. The van der Waals surface area contributed by atoms with Crippen molar-refractivity contribution in [3.8, 4) is 5.75 Å². The van der Waals surface area contributed by atoms with Gasteiger partial charge in [-0.2, -0.15) is 16.4 Å². The van der Waals surface area contributed by atoms with Gasteiger partial charge in [-0.3, -0.25) is 9.89 Å². The summed E-state index contributed by atoms with van der Waals surface area (Å²) >= 11 is 1.66. The highest BCUT2D eigenvalue weighted by Crippen LogP contribution is 2.12. The SMILES string of the molecule is C[C@@H](Cc1ccsc1)NC(=O)c1cc(COc2ccccc2)[nH]n1. The molecule has 1 amide bonds. The number of para-hydroxylation sites is 1. The van der Waals surface area contributed by atoms with Crippen LogP contribution < -0.4 is 10.1 Å². The number of carbonyl (C=O) groups is 1. The van der Waals surface area contributed by atoms with Gasteiger partial charge in [0.2, 0.25) is 0 Å². The van der Waals surface area contributed by atoms with Gasteiger partial charge in [0.25, 0.3) is 5.91 Å². The quantitative estimate of drug-likeness (QED) is 0.692. The van der Waals surface area contributed by atoms with Gasteiger partial charge < -0.3 is 10.1 Å². The molecule has 0 spiro atoms. The molecule has 124 valence electrons. The minimum absolute atomic E-state index is 0.0489. The maximum atomic E-state index is 12.2. The van der Waals surface area contributed by atoms with Crippen LogP contribution in [0.2, 0.25) is 0 Å². The van der Waals surface area contributed by atoms with Crippen molar-refractivity contribution < 1.29 is 9.53 Å². The average Bonchev–Trinajstić information content (AvgIpc) is 3.25. The molecule has 2 aromatic heterocycles. The first-order chi connectivity index (χ1) is 11.7. The Morgan fingerprint density at radius 3 is 2.92 bits per heavy atom. The number of hydrogen-bond donors (Lipinski definition) is 2. The molecule has 5 nitrogen and oxygen atoms in total. The largest absolute Gasteiger partial charge is 0.487 e. The fourth-order valence-electron chi connectivity index (χ4n) is 2.34. The number of aromatic amines is 1. The number of benzene rings is 1. The van der Waals surface area contributed by atoms with E-state index < -0.39 is 0 Å². The Morgan fingerprint density at radius 1 is 1.33 bits per heavy atom. The molecule has 0 aliphatic carbocycles. The standard InChI is InChI=1S/C18H19N3O2S/c1-13(9-14-7-8-24-12-14)19-18(22)17-10-15(20-21-17)11-23-16-5-3-2-4-6-16/h2-8,10,12-13H,9,11H2,1H3,(H,19,22)(H,20,21)/t13-/m0/s1. The van der Waals surface area contributed by atoms with E-state index >= 15 is 0 Å². The Hall–Kier alpha value is -2.60. The van der Waals surface area contributed by atoms with Gasteiger partial charge in [0.1, 0.15) is 18.1 Å². The van der Waals surface area contributed by atoms with E-state index in [0.29, 0.717) is 12.3 Å². The minimum Gasteiger partial charge on any atom is -0.487 e. The van der Waals surface area contributed by atoms with Gasteiger partial charge in [-0.05, 0) is 53.9 Å². The molecule has 0 radical (unpaired) electrons. The lowest BCUT2D eigenvalue weighted by molar-refractivity contribution is 0.0935. The second kappa shape index (κ2) is 7.79. The monoisotopic (exact) mass is 341 g/mol. The number of rotatable bonds is 7. The number of nitrogens with zero attached hydrogens (tertiary/aromatic N) is 1. The molecule has 0 fully saturated rings. The van der Waals surface area contributed by atoms with Crippen molar-refractivity contribution in [2.75, 3.05) is 0 Å². The Balaban J connectivity index is 1.51. The summed E-state index contributed by atoms with van der Waals surface area (Å²) in [6, 6.07) is 13.4. The second-order valence-corrected chi connectivity index (χ2v) is 6.37. The molecule has 0 bridgehead atoms. The summed E-state index contributed by atoms with van der Waals surface area (Å²) < 4.78 is 5.63. The molecule has 0 aliphatic rings. The van der Waals surface area contributed by atoms with Crippen molar-refractivity contribution >= 4 is 17.2 Å². The van der Waals surface area contributed by atoms with Crippen LogP contribution in [0.4, 0.5) is 0 Å². The van der Waals surface area contributed by atoms with E-state index in [2.05, 4.69) is 27.0 Å². The number of aromatic nitrogens is 2. The molecule has 0 unspecified atom stereocenters. The number of hydrogen-bond acceptors (Lipinski definition) is 4. The molecular formula is C18H19N3O2S. The van der Waals surface area contributed by atoms with Gasteiger partial charge in [0.15, 0.2) is 0 Å². The van der Waals surface area contributed by atoms with Crippen molar-refractivity contribution in [3.05, 3.63) is 70.2 Å². The number of ether oxygens (including phenoxy) is 1. The first-order valence-corrected chi connectivity index (χ1v) is 8.69. The predicted octanol–water partition coefficient (Wildman–Crippen LogP) is 3.41. The molecule has 24 heavy (non-hydrogen) atoms. The second-order valence-electron chi connectivity index (χ2n) is 5.59. The summed E-state index contributed by atoms with van der Waals surface area (Å²) in [4.78, 5) is 12.2. The number of thiophene rings is 1. The van der Waals surface area contributed by atoms with E-state index in [0.717, 1.165) is 17.9 Å². The lowest BCUT2D eigenvalue weighted by atomic mass is 10.1. The number of nitrogens with one attached hydrogen (secondary N) is 2. The van der Waals surface area contributed by atoms with Crippen molar-refractivity contribution in [2.45, 2.75) is 26.0 Å². The van der Waals surface area contributed by atoms with Crippen molar-refractivity contribution in [1.82, 2.24) is 15.5 Å². The first-order valence-electron chi connectivity index (χ1n) is 7.75. The van der Waals surface area contributed by atoms with Crippen LogP contribution in [0.1, 0.15) is 28.7 Å². The summed E-state index contributed by atoms with van der Waals surface area (Å²) in [5, 5.41) is 14.0. The molecule has 0 aliphatic heterocycles.